The molecule has 0 spiro atoms. The zero-order valence-electron chi connectivity index (χ0n) is 19.1. The first-order valence-electron chi connectivity index (χ1n) is 11.1. The number of halogens is 1. The third-order valence-electron chi connectivity index (χ3n) is 6.17. The minimum Gasteiger partial charge on any atom is -0.492 e. The van der Waals surface area contributed by atoms with E-state index in [-0.39, 0.29) is 11.8 Å². The summed E-state index contributed by atoms with van der Waals surface area (Å²) in [6.07, 6.45) is 5.54. The molecule has 0 amide bonds. The van der Waals surface area contributed by atoms with Crippen LogP contribution in [0.15, 0.2) is 55.1 Å². The van der Waals surface area contributed by atoms with Gasteiger partial charge in [-0.15, -0.1) is 0 Å². The van der Waals surface area contributed by atoms with Gasteiger partial charge in [-0.05, 0) is 44.2 Å². The van der Waals surface area contributed by atoms with Crippen LogP contribution < -0.4 is 15.2 Å². The zero-order chi connectivity index (χ0) is 24.1. The predicted octanol–water partition coefficient (Wildman–Crippen LogP) is 4.94. The predicted molar refractivity (Wildman–Crippen MR) is 129 cm³/mol. The molecule has 8 nitrogen and oxygen atoms in total. The first-order valence-corrected chi connectivity index (χ1v) is 11.1. The number of aromatic nitrogens is 5. The molecule has 0 atom stereocenters. The summed E-state index contributed by atoms with van der Waals surface area (Å²) in [5, 5.41) is 0. The van der Waals surface area contributed by atoms with E-state index < -0.39 is 5.82 Å². The van der Waals surface area contributed by atoms with Crippen molar-refractivity contribution in [1.29, 1.82) is 0 Å². The normalized spacial score (nSPS) is 12.5. The summed E-state index contributed by atoms with van der Waals surface area (Å²) in [7, 11) is 0. The first-order chi connectivity index (χ1) is 17.0. The van der Waals surface area contributed by atoms with Gasteiger partial charge in [0, 0.05) is 52.4 Å². The number of nitrogen functional groups attached to an aromatic ring is 1. The van der Waals surface area contributed by atoms with Crippen molar-refractivity contribution in [1.82, 2.24) is 24.5 Å². The minimum atomic E-state index is -0.548. The standard InChI is InChI=1S/C26H21FN6O2/c1-14-7-9-30-26(32-14)35-22-6-3-16(11-19(22)27)33-21-12-29-13-31-23(21)15(2)24(33)18-4-5-20(28)17-8-10-34-25(17)18/h3-7,9,11-13H,8,10,28H2,1-2H3. The summed E-state index contributed by atoms with van der Waals surface area (Å²) in [5.74, 6) is 0.234. The van der Waals surface area contributed by atoms with Crippen LogP contribution in [-0.2, 0) is 6.42 Å². The van der Waals surface area contributed by atoms with Crippen LogP contribution in [0.4, 0.5) is 10.1 Å². The Labute approximate surface area is 200 Å². The lowest BCUT2D eigenvalue weighted by Crippen LogP contribution is -2.02. The Morgan fingerprint density at radius 1 is 1.11 bits per heavy atom. The second kappa shape index (κ2) is 8.05. The quantitative estimate of drug-likeness (QED) is 0.373. The largest absolute Gasteiger partial charge is 0.492 e. The van der Waals surface area contributed by atoms with Crippen molar-refractivity contribution in [3.63, 3.8) is 0 Å². The number of ether oxygens (including phenoxy) is 2. The monoisotopic (exact) mass is 468 g/mol. The number of aryl methyl sites for hydroxylation is 2. The maximum absolute atomic E-state index is 15.3. The Morgan fingerprint density at radius 2 is 2.00 bits per heavy atom. The molecular weight excluding hydrogens is 447 g/mol. The molecule has 6 rings (SSSR count). The molecular formula is C26H21FN6O2. The average Bonchev–Trinajstić information content (AvgIpc) is 3.45. The van der Waals surface area contributed by atoms with Gasteiger partial charge in [-0.2, -0.15) is 0 Å². The van der Waals surface area contributed by atoms with Crippen LogP contribution in [-0.4, -0.2) is 31.1 Å². The molecule has 0 aliphatic carbocycles. The van der Waals surface area contributed by atoms with Crippen LogP contribution in [0.3, 0.4) is 0 Å². The van der Waals surface area contributed by atoms with Gasteiger partial charge >= 0.3 is 6.01 Å². The van der Waals surface area contributed by atoms with E-state index in [2.05, 4.69) is 19.9 Å². The van der Waals surface area contributed by atoms with Crippen LogP contribution in [0.2, 0.25) is 0 Å². The van der Waals surface area contributed by atoms with E-state index in [1.165, 1.54) is 12.4 Å². The fraction of sp³-hybridized carbons (Fsp3) is 0.154. The van der Waals surface area contributed by atoms with Crippen LogP contribution >= 0.6 is 0 Å². The lowest BCUT2D eigenvalue weighted by Gasteiger charge is -2.16. The fourth-order valence-electron chi connectivity index (χ4n) is 4.56. The molecule has 0 saturated carbocycles. The Kier molecular flexibility index (Phi) is 4.84. The highest BCUT2D eigenvalue weighted by molar-refractivity contribution is 5.92. The lowest BCUT2D eigenvalue weighted by atomic mass is 10.0. The van der Waals surface area contributed by atoms with Gasteiger partial charge in [-0.3, -0.25) is 0 Å². The molecule has 2 N–H and O–H groups in total. The van der Waals surface area contributed by atoms with Crippen molar-refractivity contribution in [2.75, 3.05) is 12.3 Å². The number of fused-ring (bicyclic) bond motifs is 2. The fourth-order valence-corrected chi connectivity index (χ4v) is 4.56. The maximum Gasteiger partial charge on any atom is 0.322 e. The van der Waals surface area contributed by atoms with E-state index in [0.717, 1.165) is 51.3 Å². The molecule has 2 aromatic carbocycles. The van der Waals surface area contributed by atoms with E-state index in [9.17, 15) is 0 Å². The van der Waals surface area contributed by atoms with Crippen LogP contribution in [0, 0.1) is 19.7 Å². The van der Waals surface area contributed by atoms with Crippen molar-refractivity contribution in [2.24, 2.45) is 0 Å². The molecule has 35 heavy (non-hydrogen) atoms. The van der Waals surface area contributed by atoms with Gasteiger partial charge in [0.1, 0.15) is 12.1 Å². The molecule has 0 bridgehead atoms. The highest BCUT2D eigenvalue weighted by Gasteiger charge is 2.26. The number of benzene rings is 2. The van der Waals surface area contributed by atoms with E-state index in [4.69, 9.17) is 15.2 Å². The van der Waals surface area contributed by atoms with Gasteiger partial charge in [0.25, 0.3) is 0 Å². The second-order valence-corrected chi connectivity index (χ2v) is 8.37. The highest BCUT2D eigenvalue weighted by atomic mass is 19.1. The third-order valence-corrected chi connectivity index (χ3v) is 6.17. The summed E-state index contributed by atoms with van der Waals surface area (Å²) in [6.45, 7) is 4.37. The number of nitrogens with zero attached hydrogens (tertiary/aromatic N) is 5. The van der Waals surface area contributed by atoms with E-state index in [1.54, 1.807) is 30.6 Å². The van der Waals surface area contributed by atoms with Crippen LogP contribution in [0.25, 0.3) is 28.0 Å². The SMILES string of the molecule is Cc1ccnc(Oc2ccc(-n3c(-c4ccc(N)c5c4OCC5)c(C)c4ncncc43)cc2F)n1. The smallest absolute Gasteiger partial charge is 0.322 e. The molecule has 0 fully saturated rings. The third kappa shape index (κ3) is 3.43. The van der Waals surface area contributed by atoms with Gasteiger partial charge in [0.05, 0.1) is 29.5 Å². The summed E-state index contributed by atoms with van der Waals surface area (Å²) >= 11 is 0. The molecule has 9 heteroatoms. The average molecular weight is 468 g/mol. The summed E-state index contributed by atoms with van der Waals surface area (Å²) in [4.78, 5) is 16.9. The molecule has 174 valence electrons. The van der Waals surface area contributed by atoms with Crippen molar-refractivity contribution < 1.29 is 13.9 Å². The summed E-state index contributed by atoms with van der Waals surface area (Å²) in [5.41, 5.74) is 13.4. The molecule has 4 heterocycles. The van der Waals surface area contributed by atoms with Crippen molar-refractivity contribution in [3.05, 3.63) is 77.8 Å². The lowest BCUT2D eigenvalue weighted by molar-refractivity contribution is 0.358. The van der Waals surface area contributed by atoms with Gasteiger partial charge in [-0.25, -0.2) is 24.3 Å². The maximum atomic E-state index is 15.3. The summed E-state index contributed by atoms with van der Waals surface area (Å²) < 4.78 is 28.8. The topological polar surface area (TPSA) is 101 Å². The van der Waals surface area contributed by atoms with Gasteiger partial charge < -0.3 is 19.8 Å². The van der Waals surface area contributed by atoms with E-state index in [0.29, 0.717) is 18.0 Å². The molecule has 1 aliphatic heterocycles. The van der Waals surface area contributed by atoms with E-state index >= 15 is 4.39 Å². The number of hydrogen-bond donors (Lipinski definition) is 1. The molecule has 0 radical (unpaired) electrons. The van der Waals surface area contributed by atoms with Crippen molar-refractivity contribution in [2.45, 2.75) is 20.3 Å². The Morgan fingerprint density at radius 3 is 2.83 bits per heavy atom. The summed E-state index contributed by atoms with van der Waals surface area (Å²) in [6, 6.07) is 10.4. The number of rotatable bonds is 4. The number of anilines is 1. The number of hydrogen-bond acceptors (Lipinski definition) is 7. The van der Waals surface area contributed by atoms with Crippen LogP contribution in [0.5, 0.6) is 17.5 Å². The highest BCUT2D eigenvalue weighted by Crippen LogP contribution is 2.44. The molecule has 3 aromatic heterocycles. The number of nitrogens with two attached hydrogens (primary N) is 1. The minimum absolute atomic E-state index is 0.0297. The Hall–Kier alpha value is -4.53. The molecule has 0 saturated heterocycles. The van der Waals surface area contributed by atoms with Crippen LogP contribution in [0.1, 0.15) is 16.8 Å². The Balaban J connectivity index is 1.53. The first kappa shape index (κ1) is 21.0. The zero-order valence-corrected chi connectivity index (χ0v) is 19.1. The van der Waals surface area contributed by atoms with Gasteiger partial charge in [-0.1, -0.05) is 0 Å². The van der Waals surface area contributed by atoms with E-state index in [1.807, 2.05) is 30.5 Å². The van der Waals surface area contributed by atoms with Gasteiger partial charge in [0.2, 0.25) is 0 Å². The second-order valence-electron chi connectivity index (χ2n) is 8.37. The Bertz CT molecular complexity index is 1610. The molecule has 1 aliphatic rings. The van der Waals surface area contributed by atoms with Gasteiger partial charge in [0.15, 0.2) is 11.6 Å². The van der Waals surface area contributed by atoms with Crippen molar-refractivity contribution >= 4 is 16.7 Å². The molecule has 5 aromatic rings. The van der Waals surface area contributed by atoms with Crippen molar-refractivity contribution in [3.8, 4) is 34.5 Å². The molecule has 0 unspecified atom stereocenters.